The molecule has 0 aliphatic heterocycles. The van der Waals surface area contributed by atoms with Crippen molar-refractivity contribution in [2.45, 2.75) is 6.04 Å². The van der Waals surface area contributed by atoms with Gasteiger partial charge in [0.2, 0.25) is 0 Å². The molecule has 1 aromatic carbocycles. The molecule has 4 N–H and O–H groups in total. The van der Waals surface area contributed by atoms with Crippen LogP contribution in [0.25, 0.3) is 0 Å². The van der Waals surface area contributed by atoms with Gasteiger partial charge in [0.25, 0.3) is 0 Å². The lowest BCUT2D eigenvalue weighted by Crippen LogP contribution is -2.21. The van der Waals surface area contributed by atoms with E-state index < -0.39 is 0 Å². The van der Waals surface area contributed by atoms with Crippen LogP contribution in [0.15, 0.2) is 18.2 Å². The summed E-state index contributed by atoms with van der Waals surface area (Å²) in [5, 5.41) is 0.639. The number of methoxy groups -OCH3 is 1. The van der Waals surface area contributed by atoms with E-state index in [1.165, 1.54) is 0 Å². The molecule has 0 unspecified atom stereocenters. The molecule has 0 bridgehead atoms. The SMILES string of the molecule is COc1ccc(Cl)cc1[C@@H](N)CN.Cl. The molecule has 80 valence electrons. The van der Waals surface area contributed by atoms with Gasteiger partial charge in [0.15, 0.2) is 0 Å². The Bertz CT molecular complexity index is 294. The van der Waals surface area contributed by atoms with E-state index in [0.717, 1.165) is 11.3 Å². The van der Waals surface area contributed by atoms with Crippen LogP contribution in [0.3, 0.4) is 0 Å². The largest absolute Gasteiger partial charge is 0.496 e. The van der Waals surface area contributed by atoms with Crippen molar-refractivity contribution in [1.29, 1.82) is 0 Å². The maximum absolute atomic E-state index is 5.82. The quantitative estimate of drug-likeness (QED) is 0.841. The number of halogens is 2. The van der Waals surface area contributed by atoms with Crippen molar-refractivity contribution in [3.63, 3.8) is 0 Å². The van der Waals surface area contributed by atoms with Crippen LogP contribution in [0.2, 0.25) is 5.02 Å². The number of hydrogen-bond donors (Lipinski definition) is 2. The highest BCUT2D eigenvalue weighted by Crippen LogP contribution is 2.26. The third-order valence-electron chi connectivity index (χ3n) is 1.85. The van der Waals surface area contributed by atoms with Crippen LogP contribution in [0.5, 0.6) is 5.75 Å². The lowest BCUT2D eigenvalue weighted by atomic mass is 10.1. The van der Waals surface area contributed by atoms with E-state index in [1.807, 2.05) is 0 Å². The summed E-state index contributed by atoms with van der Waals surface area (Å²) in [5.74, 6) is 0.724. The molecule has 1 aromatic rings. The van der Waals surface area contributed by atoms with Crippen LogP contribution in [-0.2, 0) is 0 Å². The van der Waals surface area contributed by atoms with Gasteiger partial charge in [-0.3, -0.25) is 0 Å². The second kappa shape index (κ2) is 6.09. The Kier molecular flexibility index (Phi) is 5.88. The van der Waals surface area contributed by atoms with Gasteiger partial charge in [-0.1, -0.05) is 11.6 Å². The van der Waals surface area contributed by atoms with Crippen molar-refractivity contribution in [1.82, 2.24) is 0 Å². The predicted octanol–water partition coefficient (Wildman–Crippen LogP) is 1.73. The highest BCUT2D eigenvalue weighted by atomic mass is 35.5. The van der Waals surface area contributed by atoms with E-state index in [4.69, 9.17) is 27.8 Å². The first kappa shape index (κ1) is 13.5. The summed E-state index contributed by atoms with van der Waals surface area (Å²) in [4.78, 5) is 0. The lowest BCUT2D eigenvalue weighted by molar-refractivity contribution is 0.406. The molecule has 0 saturated heterocycles. The highest BCUT2D eigenvalue weighted by Gasteiger charge is 2.10. The van der Waals surface area contributed by atoms with E-state index in [9.17, 15) is 0 Å². The van der Waals surface area contributed by atoms with Gasteiger partial charge in [0.1, 0.15) is 5.75 Å². The van der Waals surface area contributed by atoms with Crippen LogP contribution < -0.4 is 16.2 Å². The average Bonchev–Trinajstić information content (AvgIpc) is 2.16. The minimum Gasteiger partial charge on any atom is -0.496 e. The van der Waals surface area contributed by atoms with Crippen molar-refractivity contribution in [3.05, 3.63) is 28.8 Å². The van der Waals surface area contributed by atoms with Gasteiger partial charge in [0, 0.05) is 23.2 Å². The second-order valence-electron chi connectivity index (χ2n) is 2.73. The van der Waals surface area contributed by atoms with Crippen molar-refractivity contribution >= 4 is 24.0 Å². The summed E-state index contributed by atoms with van der Waals surface area (Å²) >= 11 is 5.82. The number of ether oxygens (including phenoxy) is 1. The Balaban J connectivity index is 0.00000169. The average molecular weight is 237 g/mol. The standard InChI is InChI=1S/C9H13ClN2O.ClH/c1-13-9-3-2-6(10)4-7(9)8(12)5-11;/h2-4,8H,5,11-12H2,1H3;1H/t8-;/m0./s1. The summed E-state index contributed by atoms with van der Waals surface area (Å²) in [6.07, 6.45) is 0. The minimum absolute atomic E-state index is 0. The summed E-state index contributed by atoms with van der Waals surface area (Å²) < 4.78 is 5.13. The first-order valence-electron chi connectivity index (χ1n) is 3.98. The lowest BCUT2D eigenvalue weighted by Gasteiger charge is -2.13. The molecule has 0 aliphatic carbocycles. The summed E-state index contributed by atoms with van der Waals surface area (Å²) in [6, 6.07) is 5.09. The minimum atomic E-state index is -0.228. The van der Waals surface area contributed by atoms with Crippen molar-refractivity contribution in [2.24, 2.45) is 11.5 Å². The third-order valence-corrected chi connectivity index (χ3v) is 2.08. The fraction of sp³-hybridized carbons (Fsp3) is 0.333. The summed E-state index contributed by atoms with van der Waals surface area (Å²) in [5.41, 5.74) is 12.1. The zero-order chi connectivity index (χ0) is 9.84. The topological polar surface area (TPSA) is 61.3 Å². The first-order valence-corrected chi connectivity index (χ1v) is 4.36. The zero-order valence-corrected chi connectivity index (χ0v) is 9.44. The first-order chi connectivity index (χ1) is 6.19. The Morgan fingerprint density at radius 2 is 2.14 bits per heavy atom. The Labute approximate surface area is 94.8 Å². The van der Waals surface area contributed by atoms with Gasteiger partial charge in [-0.15, -0.1) is 12.4 Å². The number of benzene rings is 1. The molecule has 0 heterocycles. The third kappa shape index (κ3) is 3.03. The molecule has 1 atom stereocenters. The molecule has 5 heteroatoms. The molecular formula is C9H14Cl2N2O. The number of nitrogens with two attached hydrogens (primary N) is 2. The molecule has 3 nitrogen and oxygen atoms in total. The zero-order valence-electron chi connectivity index (χ0n) is 7.87. The number of rotatable bonds is 3. The number of hydrogen-bond acceptors (Lipinski definition) is 3. The molecule has 0 amide bonds. The van der Waals surface area contributed by atoms with Crippen LogP contribution in [0.1, 0.15) is 11.6 Å². The van der Waals surface area contributed by atoms with Crippen LogP contribution in [0.4, 0.5) is 0 Å². The molecule has 0 spiro atoms. The van der Waals surface area contributed by atoms with Crippen LogP contribution >= 0.6 is 24.0 Å². The van der Waals surface area contributed by atoms with Gasteiger partial charge in [0.05, 0.1) is 7.11 Å². The van der Waals surface area contributed by atoms with Gasteiger partial charge >= 0.3 is 0 Å². The smallest absolute Gasteiger partial charge is 0.123 e. The van der Waals surface area contributed by atoms with Crippen molar-refractivity contribution in [3.8, 4) is 5.75 Å². The summed E-state index contributed by atoms with van der Waals surface area (Å²) in [6.45, 7) is 0.372. The molecule has 0 aromatic heterocycles. The molecule has 0 radical (unpaired) electrons. The fourth-order valence-electron chi connectivity index (χ4n) is 1.12. The van der Waals surface area contributed by atoms with E-state index in [0.29, 0.717) is 11.6 Å². The van der Waals surface area contributed by atoms with Gasteiger partial charge in [-0.05, 0) is 18.2 Å². The highest BCUT2D eigenvalue weighted by molar-refractivity contribution is 6.30. The van der Waals surface area contributed by atoms with Crippen LogP contribution in [0, 0.1) is 0 Å². The molecule has 0 aliphatic rings. The normalized spacial score (nSPS) is 11.7. The van der Waals surface area contributed by atoms with Gasteiger partial charge < -0.3 is 16.2 Å². The predicted molar refractivity (Wildman–Crippen MR) is 61.2 cm³/mol. The van der Waals surface area contributed by atoms with Crippen LogP contribution in [-0.4, -0.2) is 13.7 Å². The molecule has 0 fully saturated rings. The fourth-order valence-corrected chi connectivity index (χ4v) is 1.30. The second-order valence-corrected chi connectivity index (χ2v) is 3.16. The summed E-state index contributed by atoms with van der Waals surface area (Å²) in [7, 11) is 1.59. The van der Waals surface area contributed by atoms with E-state index in [1.54, 1.807) is 25.3 Å². The Morgan fingerprint density at radius 3 is 2.64 bits per heavy atom. The molecule has 1 rings (SSSR count). The van der Waals surface area contributed by atoms with E-state index in [-0.39, 0.29) is 18.4 Å². The molecular weight excluding hydrogens is 223 g/mol. The van der Waals surface area contributed by atoms with E-state index in [2.05, 4.69) is 0 Å². The monoisotopic (exact) mass is 236 g/mol. The maximum atomic E-state index is 5.82. The van der Waals surface area contributed by atoms with Crippen molar-refractivity contribution < 1.29 is 4.74 Å². The molecule has 0 saturated carbocycles. The van der Waals surface area contributed by atoms with Gasteiger partial charge in [-0.25, -0.2) is 0 Å². The van der Waals surface area contributed by atoms with Gasteiger partial charge in [-0.2, -0.15) is 0 Å². The Morgan fingerprint density at radius 1 is 1.50 bits per heavy atom. The molecule has 14 heavy (non-hydrogen) atoms. The van der Waals surface area contributed by atoms with E-state index >= 15 is 0 Å². The maximum Gasteiger partial charge on any atom is 0.123 e. The van der Waals surface area contributed by atoms with Crippen molar-refractivity contribution in [2.75, 3.05) is 13.7 Å². The Hall–Kier alpha value is -0.480.